The highest BCUT2D eigenvalue weighted by Gasteiger charge is 2.72. The molecule has 12 nitrogen and oxygen atoms in total. The van der Waals surface area contributed by atoms with E-state index in [0.717, 1.165) is 12.8 Å². The number of alkyl halides is 4. The standard InChI is InChI=1S/C24H30F4O12S/c1-11(2)22(7-3-4-8-22)40-21(32)15-14-16-19(39-20(14)31)18(17(15)38-16)37-13(30)6-5-12(29)36-10-9-23(25,26)24(27,28)41(33,34)35/h11,14-19H,3-10H2,1-2H3,(H,33,34,35)/p-1. The Kier molecular flexibility index (Phi) is 8.39. The average Bonchev–Trinajstić information content (AvgIpc) is 3.60. The van der Waals surface area contributed by atoms with Gasteiger partial charge in [-0.25, -0.2) is 8.42 Å². The summed E-state index contributed by atoms with van der Waals surface area (Å²) in [5.41, 5.74) is -0.684. The van der Waals surface area contributed by atoms with Crippen molar-refractivity contribution in [1.82, 2.24) is 0 Å². The first-order valence-electron chi connectivity index (χ1n) is 13.1. The summed E-state index contributed by atoms with van der Waals surface area (Å²) in [5.74, 6) is -10.9. The van der Waals surface area contributed by atoms with E-state index in [0.29, 0.717) is 12.8 Å². The van der Waals surface area contributed by atoms with Crippen molar-refractivity contribution in [3.8, 4) is 0 Å². The van der Waals surface area contributed by atoms with Gasteiger partial charge in [0.05, 0.1) is 25.9 Å². The molecule has 0 aromatic heterocycles. The Hall–Kier alpha value is -2.53. The van der Waals surface area contributed by atoms with E-state index in [1.54, 1.807) is 0 Å². The summed E-state index contributed by atoms with van der Waals surface area (Å²) in [7, 11) is -6.68. The molecule has 3 saturated heterocycles. The summed E-state index contributed by atoms with van der Waals surface area (Å²) in [6.07, 6.45) is -4.32. The van der Waals surface area contributed by atoms with E-state index in [1.165, 1.54) is 0 Å². The van der Waals surface area contributed by atoms with Crippen LogP contribution in [0.2, 0.25) is 0 Å². The van der Waals surface area contributed by atoms with E-state index in [2.05, 4.69) is 4.74 Å². The topological polar surface area (TPSA) is 172 Å². The SMILES string of the molecule is CC(C)C1(OC(=O)C2C3OC4C(OC(=O)C42)C3OC(=O)CCC(=O)OCCC(F)(F)C(F)(F)S(=O)(=O)[O-])CCCC1. The number of fused-ring (bicyclic) bond motifs is 1. The van der Waals surface area contributed by atoms with Crippen LogP contribution in [0.3, 0.4) is 0 Å². The Morgan fingerprint density at radius 3 is 2.24 bits per heavy atom. The number of hydrogen-bond acceptors (Lipinski definition) is 12. The van der Waals surface area contributed by atoms with E-state index >= 15 is 0 Å². The fourth-order valence-electron chi connectivity index (χ4n) is 5.89. The molecule has 3 heterocycles. The highest BCUT2D eigenvalue weighted by atomic mass is 32.2. The molecular weight excluding hydrogens is 588 g/mol. The lowest BCUT2D eigenvalue weighted by atomic mass is 9.78. The molecule has 0 N–H and O–H groups in total. The highest BCUT2D eigenvalue weighted by molar-refractivity contribution is 7.86. The summed E-state index contributed by atoms with van der Waals surface area (Å²) in [5, 5.41) is -5.92. The molecule has 6 unspecified atom stereocenters. The van der Waals surface area contributed by atoms with Crippen molar-refractivity contribution < 1.29 is 73.4 Å². The predicted octanol–water partition coefficient (Wildman–Crippen LogP) is 1.84. The van der Waals surface area contributed by atoms with Gasteiger partial charge < -0.3 is 28.2 Å². The number of esters is 4. The minimum absolute atomic E-state index is 0.0209. The Morgan fingerprint density at radius 1 is 1.05 bits per heavy atom. The summed E-state index contributed by atoms with van der Waals surface area (Å²) in [6.45, 7) is 2.50. The van der Waals surface area contributed by atoms with Crippen molar-refractivity contribution in [3.63, 3.8) is 0 Å². The Bertz CT molecular complexity index is 1180. The summed E-state index contributed by atoms with van der Waals surface area (Å²) in [6, 6.07) is 0. The molecule has 41 heavy (non-hydrogen) atoms. The largest absolute Gasteiger partial charge is 0.743 e. The van der Waals surface area contributed by atoms with Crippen LogP contribution < -0.4 is 0 Å². The predicted molar refractivity (Wildman–Crippen MR) is 122 cm³/mol. The minimum Gasteiger partial charge on any atom is -0.743 e. The monoisotopic (exact) mass is 617 g/mol. The van der Waals surface area contributed by atoms with Crippen LogP contribution in [0, 0.1) is 17.8 Å². The Labute approximate surface area is 232 Å². The fourth-order valence-corrected chi connectivity index (χ4v) is 6.35. The summed E-state index contributed by atoms with van der Waals surface area (Å²) >= 11 is 0. The zero-order valence-corrected chi connectivity index (χ0v) is 22.8. The van der Waals surface area contributed by atoms with Gasteiger partial charge in [-0.05, 0) is 31.6 Å². The molecule has 2 bridgehead atoms. The van der Waals surface area contributed by atoms with Gasteiger partial charge in [-0.15, -0.1) is 0 Å². The lowest BCUT2D eigenvalue weighted by molar-refractivity contribution is -0.177. The first-order chi connectivity index (χ1) is 18.9. The van der Waals surface area contributed by atoms with Crippen LogP contribution in [0.15, 0.2) is 0 Å². The smallest absolute Gasteiger partial charge is 0.396 e. The highest BCUT2D eigenvalue weighted by Crippen LogP contribution is 2.52. The molecule has 6 atom stereocenters. The second kappa shape index (κ2) is 10.9. The van der Waals surface area contributed by atoms with Gasteiger partial charge in [0.25, 0.3) is 0 Å². The minimum atomic E-state index is -6.68. The van der Waals surface area contributed by atoms with Crippen molar-refractivity contribution in [2.45, 2.75) is 100.0 Å². The van der Waals surface area contributed by atoms with Gasteiger partial charge in [-0.1, -0.05) is 13.8 Å². The Morgan fingerprint density at radius 2 is 1.66 bits per heavy atom. The molecule has 1 aliphatic carbocycles. The van der Waals surface area contributed by atoms with E-state index in [9.17, 15) is 49.7 Å². The molecule has 1 saturated carbocycles. The molecule has 4 aliphatic rings. The molecule has 0 radical (unpaired) electrons. The number of rotatable bonds is 12. The molecule has 0 aromatic carbocycles. The quantitative estimate of drug-likeness (QED) is 0.135. The van der Waals surface area contributed by atoms with Crippen molar-refractivity contribution in [2.75, 3.05) is 6.61 Å². The second-order valence-corrected chi connectivity index (χ2v) is 12.4. The molecule has 4 fully saturated rings. The Balaban J connectivity index is 1.30. The van der Waals surface area contributed by atoms with Gasteiger partial charge in [0.15, 0.2) is 22.3 Å². The van der Waals surface area contributed by atoms with Crippen molar-refractivity contribution in [1.29, 1.82) is 0 Å². The van der Waals surface area contributed by atoms with Gasteiger partial charge in [0, 0.05) is 0 Å². The van der Waals surface area contributed by atoms with Crippen molar-refractivity contribution >= 4 is 34.0 Å². The number of carbonyl (C=O) groups excluding carboxylic acids is 4. The van der Waals surface area contributed by atoms with E-state index in [4.69, 9.17) is 18.9 Å². The first-order valence-corrected chi connectivity index (χ1v) is 14.5. The van der Waals surface area contributed by atoms with Crippen LogP contribution in [0.5, 0.6) is 0 Å². The molecule has 232 valence electrons. The average molecular weight is 618 g/mol. The first kappa shape index (κ1) is 31.4. The van der Waals surface area contributed by atoms with Crippen LogP contribution >= 0.6 is 0 Å². The van der Waals surface area contributed by atoms with Crippen LogP contribution in [-0.4, -0.2) is 84.6 Å². The van der Waals surface area contributed by atoms with E-state index < -0.39 is 113 Å². The molecule has 4 rings (SSSR count). The molecule has 0 amide bonds. The van der Waals surface area contributed by atoms with E-state index in [-0.39, 0.29) is 5.92 Å². The second-order valence-electron chi connectivity index (χ2n) is 11.0. The lowest BCUT2D eigenvalue weighted by Gasteiger charge is -2.36. The summed E-state index contributed by atoms with van der Waals surface area (Å²) in [4.78, 5) is 50.1. The molecule has 0 aromatic rings. The number of carbonyl (C=O) groups is 4. The molecule has 0 spiro atoms. The van der Waals surface area contributed by atoms with Crippen LogP contribution in [0.25, 0.3) is 0 Å². The third-order valence-corrected chi connectivity index (χ3v) is 9.13. The third kappa shape index (κ3) is 5.63. The van der Waals surface area contributed by atoms with Crippen LogP contribution in [-0.2, 0) is 53.0 Å². The molecular formula is C24H29F4O12S-. The van der Waals surface area contributed by atoms with E-state index in [1.807, 2.05) is 13.8 Å². The van der Waals surface area contributed by atoms with Gasteiger partial charge >= 0.3 is 35.1 Å². The van der Waals surface area contributed by atoms with Crippen molar-refractivity contribution in [3.05, 3.63) is 0 Å². The molecule has 17 heteroatoms. The van der Waals surface area contributed by atoms with Crippen LogP contribution in [0.4, 0.5) is 17.6 Å². The maximum atomic E-state index is 13.5. The molecule has 3 aliphatic heterocycles. The normalized spacial score (nSPS) is 30.4. The zero-order valence-electron chi connectivity index (χ0n) is 22.0. The van der Waals surface area contributed by atoms with Crippen molar-refractivity contribution in [2.24, 2.45) is 17.8 Å². The zero-order chi connectivity index (χ0) is 30.5. The van der Waals surface area contributed by atoms with Gasteiger partial charge in [0.1, 0.15) is 29.6 Å². The third-order valence-electron chi connectivity index (χ3n) is 8.20. The number of hydrogen-bond donors (Lipinski definition) is 0. The van der Waals surface area contributed by atoms with Gasteiger partial charge in [-0.2, -0.15) is 17.6 Å². The number of halogens is 4. The maximum Gasteiger partial charge on any atom is 0.396 e. The number of ether oxygens (including phenoxy) is 5. The lowest BCUT2D eigenvalue weighted by Crippen LogP contribution is -2.50. The van der Waals surface area contributed by atoms with Crippen LogP contribution in [0.1, 0.15) is 58.8 Å². The van der Waals surface area contributed by atoms with Gasteiger partial charge in [-0.3, -0.25) is 19.2 Å². The fraction of sp³-hybridized carbons (Fsp3) is 0.833. The maximum absolute atomic E-state index is 13.5. The summed E-state index contributed by atoms with van der Waals surface area (Å²) < 4.78 is 111. The van der Waals surface area contributed by atoms with Gasteiger partial charge in [0.2, 0.25) is 0 Å².